The second-order valence-corrected chi connectivity index (χ2v) is 5.56. The molecule has 112 valence electrons. The largest absolute Gasteiger partial charge is 0.338 e. The fraction of sp³-hybridized carbons (Fsp3) is 0.571. The molecule has 3 heterocycles. The van der Waals surface area contributed by atoms with Gasteiger partial charge in [0.15, 0.2) is 5.82 Å². The molecule has 1 unspecified atom stereocenters. The van der Waals surface area contributed by atoms with E-state index < -0.39 is 0 Å². The first-order valence-electron chi connectivity index (χ1n) is 7.10. The molecule has 0 radical (unpaired) electrons. The van der Waals surface area contributed by atoms with Gasteiger partial charge in [0.1, 0.15) is 6.04 Å². The number of likely N-dealkylation sites (N-methyl/N-ethyl adjacent to an activating group) is 1. The van der Waals surface area contributed by atoms with E-state index in [-0.39, 0.29) is 6.04 Å². The first-order valence-corrected chi connectivity index (χ1v) is 7.10. The monoisotopic (exact) mass is 288 g/mol. The Balaban J connectivity index is 1.83. The molecule has 1 atom stereocenters. The van der Waals surface area contributed by atoms with Crippen molar-refractivity contribution in [3.05, 3.63) is 29.2 Å². The van der Waals surface area contributed by atoms with Gasteiger partial charge in [-0.05, 0) is 33.4 Å². The molecule has 0 bridgehead atoms. The van der Waals surface area contributed by atoms with Gasteiger partial charge < -0.3 is 9.42 Å². The van der Waals surface area contributed by atoms with Crippen molar-refractivity contribution in [2.45, 2.75) is 26.8 Å². The minimum absolute atomic E-state index is 0.0742. The topological polar surface area (TPSA) is 71.2 Å². The predicted molar refractivity (Wildman–Crippen MR) is 78.1 cm³/mol. The standard InChI is InChI=1S/C14H20N6O/c1-9-7-15-14(16-10(9)2)20-6-5-19(4)12(8-20)13-17-11(3)18-21-13/h7,12H,5-6,8H2,1-4H3. The van der Waals surface area contributed by atoms with Crippen LogP contribution in [-0.2, 0) is 0 Å². The zero-order valence-corrected chi connectivity index (χ0v) is 12.9. The van der Waals surface area contributed by atoms with Crippen LogP contribution in [0.25, 0.3) is 0 Å². The number of piperazine rings is 1. The molecule has 0 aliphatic carbocycles. The molecule has 0 N–H and O–H groups in total. The molecule has 0 saturated carbocycles. The van der Waals surface area contributed by atoms with Crippen LogP contribution in [0.2, 0.25) is 0 Å². The summed E-state index contributed by atoms with van der Waals surface area (Å²) in [6.45, 7) is 8.41. The number of anilines is 1. The van der Waals surface area contributed by atoms with Crippen molar-refractivity contribution >= 4 is 5.95 Å². The number of hydrogen-bond donors (Lipinski definition) is 0. The van der Waals surface area contributed by atoms with E-state index in [4.69, 9.17) is 4.52 Å². The second kappa shape index (κ2) is 5.40. The van der Waals surface area contributed by atoms with Gasteiger partial charge in [0.05, 0.1) is 0 Å². The van der Waals surface area contributed by atoms with Crippen LogP contribution >= 0.6 is 0 Å². The molecular weight excluding hydrogens is 268 g/mol. The summed E-state index contributed by atoms with van der Waals surface area (Å²) in [6.07, 6.45) is 1.88. The van der Waals surface area contributed by atoms with Gasteiger partial charge in [0.25, 0.3) is 0 Å². The van der Waals surface area contributed by atoms with Crippen molar-refractivity contribution in [1.29, 1.82) is 0 Å². The van der Waals surface area contributed by atoms with E-state index in [1.807, 2.05) is 27.0 Å². The lowest BCUT2D eigenvalue weighted by Crippen LogP contribution is -2.47. The lowest BCUT2D eigenvalue weighted by Gasteiger charge is -2.37. The Morgan fingerprint density at radius 3 is 2.67 bits per heavy atom. The molecule has 1 saturated heterocycles. The quantitative estimate of drug-likeness (QED) is 0.824. The maximum Gasteiger partial charge on any atom is 0.245 e. The molecule has 0 amide bonds. The highest BCUT2D eigenvalue weighted by atomic mass is 16.5. The van der Waals surface area contributed by atoms with Crippen molar-refractivity contribution in [3.63, 3.8) is 0 Å². The van der Waals surface area contributed by atoms with E-state index in [1.54, 1.807) is 0 Å². The van der Waals surface area contributed by atoms with Gasteiger partial charge in [-0.25, -0.2) is 9.97 Å². The number of hydrogen-bond acceptors (Lipinski definition) is 7. The van der Waals surface area contributed by atoms with Gasteiger partial charge >= 0.3 is 0 Å². The highest BCUT2D eigenvalue weighted by Gasteiger charge is 2.31. The smallest absolute Gasteiger partial charge is 0.245 e. The van der Waals surface area contributed by atoms with Crippen molar-refractivity contribution in [3.8, 4) is 0 Å². The number of nitrogens with zero attached hydrogens (tertiary/aromatic N) is 6. The molecule has 1 aliphatic rings. The molecule has 1 aliphatic heterocycles. The minimum atomic E-state index is 0.0742. The lowest BCUT2D eigenvalue weighted by molar-refractivity contribution is 0.177. The lowest BCUT2D eigenvalue weighted by atomic mass is 10.2. The average molecular weight is 288 g/mol. The van der Waals surface area contributed by atoms with Gasteiger partial charge in [-0.1, -0.05) is 5.16 Å². The van der Waals surface area contributed by atoms with Gasteiger partial charge in [-0.3, -0.25) is 4.90 Å². The third kappa shape index (κ3) is 2.73. The van der Waals surface area contributed by atoms with Crippen LogP contribution in [0.4, 0.5) is 5.95 Å². The van der Waals surface area contributed by atoms with E-state index in [0.717, 1.165) is 36.8 Å². The summed E-state index contributed by atoms with van der Waals surface area (Å²) >= 11 is 0. The molecule has 1 fully saturated rings. The molecule has 0 aromatic carbocycles. The SMILES string of the molecule is Cc1noc(C2CN(c3ncc(C)c(C)n3)CCN2C)n1. The Bertz CT molecular complexity index is 640. The summed E-state index contributed by atoms with van der Waals surface area (Å²) < 4.78 is 5.33. The summed E-state index contributed by atoms with van der Waals surface area (Å²) in [5, 5.41) is 3.89. The van der Waals surface area contributed by atoms with Crippen molar-refractivity contribution < 1.29 is 4.52 Å². The fourth-order valence-corrected chi connectivity index (χ4v) is 2.44. The summed E-state index contributed by atoms with van der Waals surface area (Å²) in [5.74, 6) is 2.09. The van der Waals surface area contributed by atoms with Crippen LogP contribution in [0.3, 0.4) is 0 Å². The van der Waals surface area contributed by atoms with Gasteiger partial charge in [0, 0.05) is 31.5 Å². The van der Waals surface area contributed by atoms with Crippen LogP contribution in [0.15, 0.2) is 10.7 Å². The van der Waals surface area contributed by atoms with E-state index in [2.05, 4.69) is 37.0 Å². The molecule has 7 nitrogen and oxygen atoms in total. The molecular formula is C14H20N6O. The third-order valence-electron chi connectivity index (χ3n) is 3.97. The van der Waals surface area contributed by atoms with Crippen LogP contribution < -0.4 is 4.90 Å². The fourth-order valence-electron chi connectivity index (χ4n) is 2.44. The number of aryl methyl sites for hydroxylation is 3. The Hall–Kier alpha value is -2.02. The van der Waals surface area contributed by atoms with E-state index in [1.165, 1.54) is 0 Å². The maximum atomic E-state index is 5.33. The van der Waals surface area contributed by atoms with E-state index >= 15 is 0 Å². The van der Waals surface area contributed by atoms with Gasteiger partial charge in [-0.15, -0.1) is 0 Å². The molecule has 0 spiro atoms. The van der Waals surface area contributed by atoms with Crippen LogP contribution in [-0.4, -0.2) is 51.7 Å². The Morgan fingerprint density at radius 1 is 1.19 bits per heavy atom. The van der Waals surface area contributed by atoms with Gasteiger partial charge in [0.2, 0.25) is 11.8 Å². The summed E-state index contributed by atoms with van der Waals surface area (Å²) in [5.41, 5.74) is 2.13. The highest BCUT2D eigenvalue weighted by molar-refractivity contribution is 5.34. The molecule has 2 aromatic rings. The summed E-state index contributed by atoms with van der Waals surface area (Å²) in [4.78, 5) is 17.8. The molecule has 2 aromatic heterocycles. The average Bonchev–Trinajstić information content (AvgIpc) is 2.89. The zero-order chi connectivity index (χ0) is 15.0. The Morgan fingerprint density at radius 2 is 2.00 bits per heavy atom. The van der Waals surface area contributed by atoms with E-state index in [0.29, 0.717) is 11.7 Å². The zero-order valence-electron chi connectivity index (χ0n) is 12.9. The van der Waals surface area contributed by atoms with Crippen molar-refractivity contribution in [2.75, 3.05) is 31.6 Å². The van der Waals surface area contributed by atoms with Crippen LogP contribution in [0.1, 0.15) is 29.0 Å². The summed E-state index contributed by atoms with van der Waals surface area (Å²) in [6, 6.07) is 0.0742. The highest BCUT2D eigenvalue weighted by Crippen LogP contribution is 2.25. The van der Waals surface area contributed by atoms with Crippen molar-refractivity contribution in [1.82, 2.24) is 25.0 Å². The predicted octanol–water partition coefficient (Wildman–Crippen LogP) is 1.28. The molecule has 7 heteroatoms. The van der Waals surface area contributed by atoms with Crippen molar-refractivity contribution in [2.24, 2.45) is 0 Å². The maximum absolute atomic E-state index is 5.33. The normalized spacial score (nSPS) is 20.0. The van der Waals surface area contributed by atoms with E-state index in [9.17, 15) is 0 Å². The van der Waals surface area contributed by atoms with Crippen LogP contribution in [0, 0.1) is 20.8 Å². The van der Waals surface area contributed by atoms with Crippen LogP contribution in [0.5, 0.6) is 0 Å². The molecule has 21 heavy (non-hydrogen) atoms. The minimum Gasteiger partial charge on any atom is -0.338 e. The molecule has 3 rings (SSSR count). The number of aromatic nitrogens is 4. The number of rotatable bonds is 2. The third-order valence-corrected chi connectivity index (χ3v) is 3.97. The summed E-state index contributed by atoms with van der Waals surface area (Å²) in [7, 11) is 2.07. The second-order valence-electron chi connectivity index (χ2n) is 5.56. The van der Waals surface area contributed by atoms with Gasteiger partial charge in [-0.2, -0.15) is 4.98 Å². The Kier molecular flexibility index (Phi) is 3.59. The first-order chi connectivity index (χ1) is 10.0. The first kappa shape index (κ1) is 13.9. The Labute approximate surface area is 124 Å².